The van der Waals surface area contributed by atoms with Crippen molar-refractivity contribution in [3.05, 3.63) is 320 Å². The number of rotatable bonds is 13. The first-order valence-corrected chi connectivity index (χ1v) is 25.7. The van der Waals surface area contributed by atoms with E-state index >= 15 is 0 Å². The molecule has 0 aliphatic rings. The van der Waals surface area contributed by atoms with E-state index in [0.29, 0.717) is 5.70 Å². The highest BCUT2D eigenvalue weighted by Crippen LogP contribution is 2.43. The van der Waals surface area contributed by atoms with Crippen LogP contribution in [0.3, 0.4) is 0 Å². The van der Waals surface area contributed by atoms with Crippen LogP contribution in [-0.2, 0) is 6.42 Å². The third-order valence-corrected chi connectivity index (χ3v) is 13.8. The Morgan fingerprint density at radius 1 is 0.413 bits per heavy atom. The third kappa shape index (κ3) is 11.5. The van der Waals surface area contributed by atoms with Crippen molar-refractivity contribution in [1.82, 2.24) is 4.57 Å². The van der Waals surface area contributed by atoms with Gasteiger partial charge in [-0.15, -0.1) is 0 Å². The van der Waals surface area contributed by atoms with Gasteiger partial charge in [0.1, 0.15) is 0 Å². The summed E-state index contributed by atoms with van der Waals surface area (Å²) in [6, 6.07) is 92.2. The Kier molecular flexibility index (Phi) is 15.1. The second-order valence-corrected chi connectivity index (χ2v) is 19.1. The molecule has 10 aromatic carbocycles. The van der Waals surface area contributed by atoms with Crippen LogP contribution in [0.15, 0.2) is 291 Å². The van der Waals surface area contributed by atoms with Crippen LogP contribution in [0.1, 0.15) is 54.2 Å². The lowest BCUT2D eigenvalue weighted by Gasteiger charge is -2.14. The number of hydrogen-bond donors (Lipinski definition) is 0. The Bertz CT molecular complexity index is 3860. The summed E-state index contributed by atoms with van der Waals surface area (Å²) >= 11 is 0. The van der Waals surface area contributed by atoms with Gasteiger partial charge in [0.05, 0.1) is 22.4 Å². The van der Waals surface area contributed by atoms with Crippen LogP contribution >= 0.6 is 0 Å². The Labute approximate surface area is 443 Å². The zero-order valence-electron chi connectivity index (χ0n) is 43.0. The molecule has 1 heterocycles. The third-order valence-electron chi connectivity index (χ3n) is 13.8. The normalized spacial score (nSPS) is 11.8. The molecule has 0 radical (unpaired) electrons. The van der Waals surface area contributed by atoms with Gasteiger partial charge in [-0.25, -0.2) is 4.99 Å². The molecule has 0 atom stereocenters. The number of benzene rings is 10. The molecular formula is C73H60N2. The summed E-state index contributed by atoms with van der Waals surface area (Å²) in [6.45, 7) is 15.1. The van der Waals surface area contributed by atoms with E-state index in [2.05, 4.69) is 293 Å². The van der Waals surface area contributed by atoms with Crippen molar-refractivity contribution < 1.29 is 0 Å². The fourth-order valence-electron chi connectivity index (χ4n) is 9.71. The largest absolute Gasteiger partial charge is 0.309 e. The average Bonchev–Trinajstić information content (AvgIpc) is 3.83. The average molecular weight is 965 g/mol. The summed E-state index contributed by atoms with van der Waals surface area (Å²) in [5, 5.41) is 2.38. The molecule has 0 aliphatic carbocycles. The van der Waals surface area contributed by atoms with E-state index in [1.165, 1.54) is 49.7 Å². The van der Waals surface area contributed by atoms with Crippen LogP contribution in [0.5, 0.6) is 0 Å². The topological polar surface area (TPSA) is 17.3 Å². The minimum atomic E-state index is 0.707. The number of aromatic nitrogens is 1. The molecule has 0 spiro atoms. The molecule has 0 saturated heterocycles. The van der Waals surface area contributed by atoms with Gasteiger partial charge in [0, 0.05) is 33.2 Å². The quantitative estimate of drug-likeness (QED) is 0.102. The van der Waals surface area contributed by atoms with Crippen molar-refractivity contribution in [2.45, 2.75) is 27.2 Å². The molecule has 11 aromatic rings. The molecule has 0 bridgehead atoms. The highest BCUT2D eigenvalue weighted by molar-refractivity contribution is 6.16. The number of nitrogens with zero attached hydrogens (tertiary/aromatic N) is 2. The standard InChI is InChI=1S/C57H44N2.C16H16/c1-39(2)45-25-17-28-48(34-45)50-37-52(43-21-11-6-12-22-43)57-54(38-50)53-36-49(31-32-56(53)59(57)51-29-15-8-16-30-51)47-27-18-26-46(35-47)41(4)58-55(44-23-13-7-14-24-44)33-40(3)42-19-9-5-10-20-42;1-14(16-10-6-3-7-11-16)12-13-15-8-4-2-5-9-15/h5-38H,1,4H2,2-3H3;2-12H,13H2,1H3/b40-33+,58-55?;14-12+. The summed E-state index contributed by atoms with van der Waals surface area (Å²) in [4.78, 5) is 5.18. The van der Waals surface area contributed by atoms with Gasteiger partial charge in [-0.05, 0) is 143 Å². The first-order valence-electron chi connectivity index (χ1n) is 25.7. The van der Waals surface area contributed by atoms with E-state index in [0.717, 1.165) is 73.4 Å². The van der Waals surface area contributed by atoms with Gasteiger partial charge in [-0.2, -0.15) is 0 Å². The van der Waals surface area contributed by atoms with Crippen molar-refractivity contribution in [3.8, 4) is 39.1 Å². The molecule has 2 nitrogen and oxygen atoms in total. The molecule has 0 amide bonds. The molecule has 1 aromatic heterocycles. The second kappa shape index (κ2) is 23.0. The fraction of sp³-hybridized carbons (Fsp3) is 0.0548. The summed E-state index contributed by atoms with van der Waals surface area (Å²) in [5.41, 5.74) is 22.5. The first-order chi connectivity index (χ1) is 36.8. The molecule has 75 heavy (non-hydrogen) atoms. The summed E-state index contributed by atoms with van der Waals surface area (Å²) in [7, 11) is 0. The lowest BCUT2D eigenvalue weighted by atomic mass is 9.93. The Balaban J connectivity index is 0.000000342. The molecule has 0 unspecified atom stereocenters. The lowest BCUT2D eigenvalue weighted by Crippen LogP contribution is -1.99. The molecular weight excluding hydrogens is 905 g/mol. The van der Waals surface area contributed by atoms with E-state index < -0.39 is 0 Å². The van der Waals surface area contributed by atoms with E-state index in [1.54, 1.807) is 0 Å². The second-order valence-electron chi connectivity index (χ2n) is 19.1. The summed E-state index contributed by atoms with van der Waals surface area (Å²) < 4.78 is 2.42. The van der Waals surface area contributed by atoms with Gasteiger partial charge < -0.3 is 4.57 Å². The molecule has 2 heteroatoms. The molecule has 0 fully saturated rings. The SMILES string of the molecule is C/C(=C\Cc1ccccc1)c1ccccc1.C=C(C)c1cccc(-c2cc(-c3ccccc3)c3c(c2)c2cc(-c4cccc(C(=C)N=C(/C=C(\C)c5ccccc5)c5ccccc5)c4)ccc2n3-c2ccccc2)c1. The van der Waals surface area contributed by atoms with Crippen molar-refractivity contribution in [3.63, 3.8) is 0 Å². The molecule has 11 rings (SSSR count). The fourth-order valence-corrected chi connectivity index (χ4v) is 9.71. The number of fused-ring (bicyclic) bond motifs is 3. The van der Waals surface area contributed by atoms with Crippen LogP contribution in [0.25, 0.3) is 83.3 Å². The van der Waals surface area contributed by atoms with Gasteiger partial charge in [0.15, 0.2) is 0 Å². The van der Waals surface area contributed by atoms with Crippen LogP contribution < -0.4 is 0 Å². The number of para-hydroxylation sites is 1. The number of aliphatic imine (C=N–C) groups is 1. The summed E-state index contributed by atoms with van der Waals surface area (Å²) in [5.74, 6) is 0. The molecule has 362 valence electrons. The van der Waals surface area contributed by atoms with E-state index in [9.17, 15) is 0 Å². The van der Waals surface area contributed by atoms with Crippen LogP contribution in [0.2, 0.25) is 0 Å². The van der Waals surface area contributed by atoms with E-state index in [1.807, 2.05) is 18.2 Å². The molecule has 0 N–H and O–H groups in total. The van der Waals surface area contributed by atoms with E-state index in [4.69, 9.17) is 4.99 Å². The van der Waals surface area contributed by atoms with Gasteiger partial charge in [0.2, 0.25) is 0 Å². The zero-order valence-corrected chi connectivity index (χ0v) is 43.0. The Hall–Kier alpha value is -9.37. The van der Waals surface area contributed by atoms with Gasteiger partial charge in [0.25, 0.3) is 0 Å². The Morgan fingerprint density at radius 2 is 0.893 bits per heavy atom. The van der Waals surface area contributed by atoms with Gasteiger partial charge >= 0.3 is 0 Å². The van der Waals surface area contributed by atoms with E-state index in [-0.39, 0.29) is 0 Å². The van der Waals surface area contributed by atoms with Gasteiger partial charge in [-0.1, -0.05) is 237 Å². The van der Waals surface area contributed by atoms with Crippen molar-refractivity contribution in [1.29, 1.82) is 0 Å². The zero-order chi connectivity index (χ0) is 51.5. The van der Waals surface area contributed by atoms with Crippen molar-refractivity contribution in [2.24, 2.45) is 4.99 Å². The highest BCUT2D eigenvalue weighted by Gasteiger charge is 2.20. The van der Waals surface area contributed by atoms with Crippen LogP contribution in [0.4, 0.5) is 0 Å². The monoisotopic (exact) mass is 964 g/mol. The predicted octanol–water partition coefficient (Wildman–Crippen LogP) is 19.7. The van der Waals surface area contributed by atoms with Crippen molar-refractivity contribution in [2.75, 3.05) is 0 Å². The summed E-state index contributed by atoms with van der Waals surface area (Å²) in [6.07, 6.45) is 5.44. The number of allylic oxidation sites excluding steroid dienone is 5. The van der Waals surface area contributed by atoms with Crippen LogP contribution in [-0.4, -0.2) is 10.3 Å². The minimum Gasteiger partial charge on any atom is -0.309 e. The molecule has 0 aliphatic heterocycles. The minimum absolute atomic E-state index is 0.707. The van der Waals surface area contributed by atoms with Crippen molar-refractivity contribution >= 4 is 49.9 Å². The highest BCUT2D eigenvalue weighted by atomic mass is 15.0. The maximum Gasteiger partial charge on any atom is 0.0712 e. The maximum atomic E-state index is 5.18. The lowest BCUT2D eigenvalue weighted by molar-refractivity contribution is 1.18. The number of hydrogen-bond acceptors (Lipinski definition) is 1. The predicted molar refractivity (Wildman–Crippen MR) is 324 cm³/mol. The van der Waals surface area contributed by atoms with Crippen LogP contribution in [0, 0.1) is 0 Å². The smallest absolute Gasteiger partial charge is 0.0712 e. The first kappa shape index (κ1) is 49.2. The van der Waals surface area contributed by atoms with Gasteiger partial charge in [-0.3, -0.25) is 0 Å². The maximum absolute atomic E-state index is 5.18. The molecule has 0 saturated carbocycles. The Morgan fingerprint density at radius 3 is 1.52 bits per heavy atom.